The first-order chi connectivity index (χ1) is 29.7. The molecule has 0 saturated carbocycles. The molecular formula is C53H51NO6. The van der Waals surface area contributed by atoms with Gasteiger partial charge in [0.1, 0.15) is 24.4 Å². The summed E-state index contributed by atoms with van der Waals surface area (Å²) in [6.07, 6.45) is -2.12. The van der Waals surface area contributed by atoms with Gasteiger partial charge in [-0.25, -0.2) is 4.79 Å². The van der Waals surface area contributed by atoms with Crippen molar-refractivity contribution in [2.45, 2.75) is 50.3 Å². The van der Waals surface area contributed by atoms with Crippen LogP contribution in [0.25, 0.3) is 0 Å². The minimum Gasteiger partial charge on any atom is -0.445 e. The van der Waals surface area contributed by atoms with Gasteiger partial charge in [0.25, 0.3) is 0 Å². The lowest BCUT2D eigenvalue weighted by Crippen LogP contribution is -2.54. The zero-order valence-electron chi connectivity index (χ0n) is 33.6. The third-order valence-corrected chi connectivity index (χ3v) is 10.3. The molecule has 0 aromatic heterocycles. The molecule has 0 spiro atoms. The molecule has 3 atom stereocenters. The fourth-order valence-electron chi connectivity index (χ4n) is 7.25. The van der Waals surface area contributed by atoms with E-state index in [0.717, 1.165) is 38.9 Å². The molecule has 0 radical (unpaired) electrons. The van der Waals surface area contributed by atoms with Crippen molar-refractivity contribution in [2.75, 3.05) is 13.2 Å². The Labute approximate surface area is 353 Å². The monoisotopic (exact) mass is 797 g/mol. The molecule has 0 aliphatic carbocycles. The van der Waals surface area contributed by atoms with Gasteiger partial charge in [-0.3, -0.25) is 0 Å². The molecule has 1 N–H and O–H groups in total. The van der Waals surface area contributed by atoms with Crippen LogP contribution in [0.3, 0.4) is 0 Å². The van der Waals surface area contributed by atoms with Gasteiger partial charge in [0.15, 0.2) is 0 Å². The van der Waals surface area contributed by atoms with Gasteiger partial charge in [-0.2, -0.15) is 0 Å². The van der Waals surface area contributed by atoms with Crippen LogP contribution < -0.4 is 5.32 Å². The average molecular weight is 798 g/mol. The highest BCUT2D eigenvalue weighted by atomic mass is 16.6. The number of rotatable bonds is 21. The summed E-state index contributed by atoms with van der Waals surface area (Å²) in [5.41, 5.74) is 5.65. The summed E-state index contributed by atoms with van der Waals surface area (Å²) in [5, 5.41) is 3.13. The molecule has 60 heavy (non-hydrogen) atoms. The quantitative estimate of drug-likeness (QED) is 0.0730. The van der Waals surface area contributed by atoms with Crippen LogP contribution in [0, 0.1) is 0 Å². The molecule has 0 aliphatic heterocycles. The molecular weight excluding hydrogens is 747 g/mol. The fraction of sp³-hybridized carbons (Fsp3) is 0.189. The second-order valence-corrected chi connectivity index (χ2v) is 14.5. The van der Waals surface area contributed by atoms with Crippen molar-refractivity contribution in [3.8, 4) is 0 Å². The van der Waals surface area contributed by atoms with Crippen molar-refractivity contribution in [3.63, 3.8) is 0 Å². The summed E-state index contributed by atoms with van der Waals surface area (Å²) in [6, 6.07) is 69.5. The van der Waals surface area contributed by atoms with Crippen molar-refractivity contribution in [1.82, 2.24) is 5.32 Å². The third kappa shape index (κ3) is 11.6. The van der Waals surface area contributed by atoms with E-state index in [4.69, 9.17) is 23.7 Å². The van der Waals surface area contributed by atoms with Gasteiger partial charge in [0, 0.05) is 0 Å². The molecule has 0 fully saturated rings. The van der Waals surface area contributed by atoms with Crippen LogP contribution >= 0.6 is 0 Å². The standard InChI is InChI=1S/C53H51NO6/c55-52(59-39-45-28-14-4-15-29-45)54-49(40-56-36-42-22-8-1-9-23-42)51(58-38-44-26-12-3-13-27-44)50(57-37-43-24-10-2-11-25-43)41-60-53(46-30-16-5-17-31-46,47-32-18-6-19-33-47)48-34-20-7-21-35-48/h1-35,49-51H,36-41H2,(H,54,55)/t49-,50+,51+/m0/s1. The molecule has 0 saturated heterocycles. The molecule has 7 heteroatoms. The van der Waals surface area contributed by atoms with Crippen LogP contribution in [0.1, 0.15) is 38.9 Å². The zero-order valence-corrected chi connectivity index (χ0v) is 33.6. The molecule has 7 nitrogen and oxygen atoms in total. The maximum atomic E-state index is 13.8. The van der Waals surface area contributed by atoms with Crippen molar-refractivity contribution in [3.05, 3.63) is 251 Å². The summed E-state index contributed by atoms with van der Waals surface area (Å²) < 4.78 is 33.5. The lowest BCUT2D eigenvalue weighted by atomic mass is 9.80. The van der Waals surface area contributed by atoms with E-state index in [9.17, 15) is 4.79 Å². The number of hydrogen-bond acceptors (Lipinski definition) is 6. The third-order valence-electron chi connectivity index (χ3n) is 10.3. The van der Waals surface area contributed by atoms with E-state index in [2.05, 4.69) is 41.7 Å². The summed E-state index contributed by atoms with van der Waals surface area (Å²) in [4.78, 5) is 13.8. The van der Waals surface area contributed by atoms with Crippen LogP contribution in [0.15, 0.2) is 212 Å². The van der Waals surface area contributed by atoms with Gasteiger partial charge in [0.2, 0.25) is 0 Å². The SMILES string of the molecule is O=C(N[C@@H](COCc1ccccc1)[C@@H](OCc1ccccc1)[C@@H](COC(c1ccccc1)(c1ccccc1)c1ccccc1)OCc1ccccc1)OCc1ccccc1. The Morgan fingerprint density at radius 1 is 0.433 bits per heavy atom. The molecule has 0 aliphatic rings. The van der Waals surface area contributed by atoms with Crippen LogP contribution in [0.4, 0.5) is 4.79 Å². The first-order valence-electron chi connectivity index (χ1n) is 20.4. The topological polar surface area (TPSA) is 75.3 Å². The van der Waals surface area contributed by atoms with Crippen molar-refractivity contribution < 1.29 is 28.5 Å². The Hall–Kier alpha value is -6.35. The Bertz CT molecular complexity index is 2150. The summed E-state index contributed by atoms with van der Waals surface area (Å²) in [5.74, 6) is 0. The van der Waals surface area contributed by atoms with Crippen LogP contribution in [-0.4, -0.2) is 37.6 Å². The number of ether oxygens (including phenoxy) is 5. The Balaban J connectivity index is 1.28. The van der Waals surface area contributed by atoms with Crippen LogP contribution in [0.5, 0.6) is 0 Å². The van der Waals surface area contributed by atoms with Gasteiger partial charge in [-0.15, -0.1) is 0 Å². The van der Waals surface area contributed by atoms with Crippen LogP contribution in [0.2, 0.25) is 0 Å². The van der Waals surface area contributed by atoms with Gasteiger partial charge < -0.3 is 29.0 Å². The van der Waals surface area contributed by atoms with Crippen molar-refractivity contribution in [2.24, 2.45) is 0 Å². The summed E-state index contributed by atoms with van der Waals surface area (Å²) in [6.45, 7) is 1.11. The van der Waals surface area contributed by atoms with E-state index < -0.39 is 29.9 Å². The van der Waals surface area contributed by atoms with E-state index in [1.165, 1.54) is 0 Å². The minimum atomic E-state index is -1.04. The molecule has 304 valence electrons. The maximum Gasteiger partial charge on any atom is 0.407 e. The zero-order chi connectivity index (χ0) is 41.1. The summed E-state index contributed by atoms with van der Waals surface area (Å²) in [7, 11) is 0. The molecule has 7 aromatic rings. The highest BCUT2D eigenvalue weighted by Gasteiger charge is 2.41. The largest absolute Gasteiger partial charge is 0.445 e. The lowest BCUT2D eigenvalue weighted by molar-refractivity contribution is -0.147. The van der Waals surface area contributed by atoms with E-state index in [1.807, 2.05) is 176 Å². The Morgan fingerprint density at radius 3 is 1.23 bits per heavy atom. The molecule has 7 aromatic carbocycles. The normalized spacial score (nSPS) is 12.9. The second kappa shape index (κ2) is 22.1. The number of hydrogen-bond donors (Lipinski definition) is 1. The average Bonchev–Trinajstić information content (AvgIpc) is 3.32. The number of carbonyl (C=O) groups excluding carboxylic acids is 1. The van der Waals surface area contributed by atoms with Gasteiger partial charge >= 0.3 is 6.09 Å². The predicted octanol–water partition coefficient (Wildman–Crippen LogP) is 10.7. The van der Waals surface area contributed by atoms with Crippen molar-refractivity contribution in [1.29, 1.82) is 0 Å². The van der Waals surface area contributed by atoms with E-state index in [-0.39, 0.29) is 33.0 Å². The number of nitrogens with one attached hydrogen (secondary N) is 1. The highest BCUT2D eigenvalue weighted by Crippen LogP contribution is 2.41. The van der Waals surface area contributed by atoms with Gasteiger partial charge in [0.05, 0.1) is 39.1 Å². The summed E-state index contributed by atoms with van der Waals surface area (Å²) >= 11 is 0. The van der Waals surface area contributed by atoms with E-state index >= 15 is 0 Å². The minimum absolute atomic E-state index is 0.0703. The maximum absolute atomic E-state index is 13.8. The number of amides is 1. The van der Waals surface area contributed by atoms with Crippen LogP contribution in [-0.2, 0) is 55.7 Å². The molecule has 0 bridgehead atoms. The number of carbonyl (C=O) groups is 1. The molecule has 1 amide bonds. The predicted molar refractivity (Wildman–Crippen MR) is 235 cm³/mol. The number of alkyl carbamates (subject to hydrolysis) is 1. The highest BCUT2D eigenvalue weighted by molar-refractivity contribution is 5.67. The smallest absolute Gasteiger partial charge is 0.407 e. The molecule has 7 rings (SSSR count). The van der Waals surface area contributed by atoms with Crippen molar-refractivity contribution >= 4 is 6.09 Å². The Morgan fingerprint density at radius 2 is 0.800 bits per heavy atom. The van der Waals surface area contributed by atoms with E-state index in [1.54, 1.807) is 0 Å². The first-order valence-corrected chi connectivity index (χ1v) is 20.4. The van der Waals surface area contributed by atoms with Gasteiger partial charge in [-0.05, 0) is 38.9 Å². The van der Waals surface area contributed by atoms with E-state index in [0.29, 0.717) is 6.61 Å². The lowest BCUT2D eigenvalue weighted by Gasteiger charge is -2.39. The van der Waals surface area contributed by atoms with Gasteiger partial charge in [-0.1, -0.05) is 212 Å². The number of benzene rings is 7. The first kappa shape index (κ1) is 41.8. The Kier molecular flexibility index (Phi) is 15.4. The fourth-order valence-corrected chi connectivity index (χ4v) is 7.25. The second-order valence-electron chi connectivity index (χ2n) is 14.5. The molecule has 0 heterocycles. The molecule has 0 unspecified atom stereocenters.